The first-order valence-corrected chi connectivity index (χ1v) is 10.5. The number of carboxylic acids is 1. The van der Waals surface area contributed by atoms with Gasteiger partial charge < -0.3 is 25.4 Å². The minimum absolute atomic E-state index is 0.0283. The number of carboxylic acid groups (broad SMARTS) is 1. The van der Waals surface area contributed by atoms with E-state index in [1.165, 1.54) is 13.2 Å². The molecule has 1 aromatic rings. The summed E-state index contributed by atoms with van der Waals surface area (Å²) < 4.78 is 78.8. The number of fused-ring (bicyclic) bond motifs is 1. The fraction of sp³-hybridized carbons (Fsp3) is 0.650. The lowest BCUT2D eigenvalue weighted by atomic mass is 10.1. The number of anilines is 1. The third kappa shape index (κ3) is 5.65. The molecule has 8 nitrogen and oxygen atoms in total. The van der Waals surface area contributed by atoms with Crippen LogP contribution in [-0.4, -0.2) is 66.9 Å². The van der Waals surface area contributed by atoms with Gasteiger partial charge in [0.2, 0.25) is 11.8 Å². The topological polar surface area (TPSA) is 104 Å². The van der Waals surface area contributed by atoms with Gasteiger partial charge in [0.05, 0.1) is 13.2 Å². The number of piperidine rings is 1. The molecule has 1 saturated carbocycles. The molecule has 2 saturated heterocycles. The average molecular weight is 498 g/mol. The number of alkyl halides is 5. The van der Waals surface area contributed by atoms with Crippen LogP contribution in [0.25, 0.3) is 0 Å². The molecule has 14 heteroatoms. The molecule has 1 aromatic heterocycles. The van der Waals surface area contributed by atoms with Gasteiger partial charge in [-0.2, -0.15) is 18.2 Å². The van der Waals surface area contributed by atoms with E-state index >= 15 is 0 Å². The van der Waals surface area contributed by atoms with Crippen molar-refractivity contribution in [1.29, 1.82) is 0 Å². The number of amides is 1. The van der Waals surface area contributed by atoms with Gasteiger partial charge in [-0.3, -0.25) is 4.79 Å². The zero-order valence-electron chi connectivity index (χ0n) is 18.1. The van der Waals surface area contributed by atoms with Crippen LogP contribution in [0.4, 0.5) is 32.2 Å². The van der Waals surface area contributed by atoms with Crippen LogP contribution in [0.15, 0.2) is 6.07 Å². The summed E-state index contributed by atoms with van der Waals surface area (Å²) in [5, 5.41) is 13.0. The molecule has 0 aromatic carbocycles. The minimum atomic E-state index is -5.08. The highest BCUT2D eigenvalue weighted by molar-refractivity contribution is 5.82. The van der Waals surface area contributed by atoms with E-state index in [0.29, 0.717) is 18.5 Å². The summed E-state index contributed by atoms with van der Waals surface area (Å²) in [5.41, 5.74) is 0.414. The van der Waals surface area contributed by atoms with E-state index in [2.05, 4.69) is 15.6 Å². The van der Waals surface area contributed by atoms with Gasteiger partial charge in [-0.15, -0.1) is 0 Å². The highest BCUT2D eigenvalue weighted by atomic mass is 19.4. The quantitative estimate of drug-likeness (QED) is 0.536. The van der Waals surface area contributed by atoms with E-state index in [0.717, 1.165) is 19.4 Å². The molecule has 3 fully saturated rings. The summed E-state index contributed by atoms with van der Waals surface area (Å²) in [5.74, 6) is -7.23. The monoisotopic (exact) mass is 498 g/mol. The Bertz CT molecular complexity index is 923. The Morgan fingerprint density at radius 3 is 2.53 bits per heavy atom. The van der Waals surface area contributed by atoms with Gasteiger partial charge in [0, 0.05) is 37.0 Å². The molecule has 190 valence electrons. The van der Waals surface area contributed by atoms with Gasteiger partial charge in [0.1, 0.15) is 0 Å². The van der Waals surface area contributed by atoms with Crippen molar-refractivity contribution in [2.24, 2.45) is 11.8 Å². The first-order valence-electron chi connectivity index (χ1n) is 10.5. The average Bonchev–Trinajstić information content (AvgIpc) is 3.12. The normalized spacial score (nSPS) is 25.0. The van der Waals surface area contributed by atoms with Gasteiger partial charge in [0.25, 0.3) is 5.92 Å². The molecule has 3 N–H and O–H groups in total. The van der Waals surface area contributed by atoms with Crippen LogP contribution >= 0.6 is 0 Å². The third-order valence-electron chi connectivity index (χ3n) is 6.05. The predicted molar refractivity (Wildman–Crippen MR) is 106 cm³/mol. The molecule has 0 bridgehead atoms. The fourth-order valence-electron chi connectivity index (χ4n) is 4.16. The van der Waals surface area contributed by atoms with Gasteiger partial charge in [-0.25, -0.2) is 18.0 Å². The Balaban J connectivity index is 0.000000406. The van der Waals surface area contributed by atoms with Crippen molar-refractivity contribution in [3.05, 3.63) is 17.4 Å². The molecule has 0 spiro atoms. The molecule has 3 aliphatic rings. The number of nitrogens with zero attached hydrogens (tertiary/aromatic N) is 2. The molecule has 3 atom stereocenters. The van der Waals surface area contributed by atoms with Crippen LogP contribution in [-0.2, 0) is 16.1 Å². The first-order chi connectivity index (χ1) is 15.9. The second-order valence-electron chi connectivity index (χ2n) is 8.25. The van der Waals surface area contributed by atoms with Crippen molar-refractivity contribution in [3.8, 4) is 5.88 Å². The summed E-state index contributed by atoms with van der Waals surface area (Å²) in [6, 6.07) is 1.04. The third-order valence-corrected chi connectivity index (χ3v) is 6.05. The van der Waals surface area contributed by atoms with Gasteiger partial charge >= 0.3 is 12.1 Å². The minimum Gasteiger partial charge on any atom is -0.481 e. The van der Waals surface area contributed by atoms with Crippen LogP contribution in [0.1, 0.15) is 24.8 Å². The summed E-state index contributed by atoms with van der Waals surface area (Å²) in [7, 11) is 1.41. The Morgan fingerprint density at radius 1 is 1.32 bits per heavy atom. The van der Waals surface area contributed by atoms with Crippen molar-refractivity contribution in [1.82, 2.24) is 15.6 Å². The number of ether oxygens (including phenoxy) is 1. The summed E-state index contributed by atoms with van der Waals surface area (Å²) in [4.78, 5) is 26.8. The number of hydrogen-bond acceptors (Lipinski definition) is 6. The number of carbonyl (C=O) groups excluding carboxylic acids is 1. The maximum Gasteiger partial charge on any atom is 0.490 e. The maximum atomic E-state index is 14.6. The number of aliphatic carboxylic acids is 1. The predicted octanol–water partition coefficient (Wildman–Crippen LogP) is 2.32. The molecular weight excluding hydrogens is 474 g/mol. The van der Waals surface area contributed by atoms with Crippen LogP contribution in [0.5, 0.6) is 5.88 Å². The van der Waals surface area contributed by atoms with Crippen molar-refractivity contribution in [3.63, 3.8) is 0 Å². The number of pyridine rings is 1. The Morgan fingerprint density at radius 2 is 2.00 bits per heavy atom. The molecule has 2 unspecified atom stereocenters. The van der Waals surface area contributed by atoms with Crippen LogP contribution < -0.4 is 20.3 Å². The first kappa shape index (κ1) is 25.8. The zero-order chi connectivity index (χ0) is 25.3. The van der Waals surface area contributed by atoms with E-state index in [1.807, 2.05) is 0 Å². The Labute approximate surface area is 190 Å². The number of carbonyl (C=O) groups is 2. The molecule has 1 aliphatic carbocycles. The SMILES string of the molecule is COc1nc(N2CCC3C(C2)C3(F)F)c(F)cc1CNC(=O)[C@@H]1CCCN1.O=C(O)C(F)(F)F. The van der Waals surface area contributed by atoms with Gasteiger partial charge in [-0.05, 0) is 31.9 Å². The van der Waals surface area contributed by atoms with Gasteiger partial charge in [-0.1, -0.05) is 0 Å². The number of aromatic nitrogens is 1. The molecule has 0 radical (unpaired) electrons. The Hall–Kier alpha value is -2.77. The lowest BCUT2D eigenvalue weighted by Crippen LogP contribution is -2.40. The van der Waals surface area contributed by atoms with Gasteiger partial charge in [0.15, 0.2) is 11.6 Å². The molecule has 34 heavy (non-hydrogen) atoms. The summed E-state index contributed by atoms with van der Waals surface area (Å²) >= 11 is 0. The molecule has 1 amide bonds. The zero-order valence-corrected chi connectivity index (χ0v) is 18.1. The highest BCUT2D eigenvalue weighted by Crippen LogP contribution is 2.59. The van der Waals surface area contributed by atoms with E-state index < -0.39 is 35.7 Å². The molecule has 3 heterocycles. The second kappa shape index (κ2) is 9.84. The summed E-state index contributed by atoms with van der Waals surface area (Å²) in [6.07, 6.45) is -3.04. The molecule has 4 rings (SSSR count). The van der Waals surface area contributed by atoms with Crippen molar-refractivity contribution in [2.75, 3.05) is 31.6 Å². The fourth-order valence-corrected chi connectivity index (χ4v) is 4.16. The molecular formula is C20H24F6N4O4. The van der Waals surface area contributed by atoms with Crippen molar-refractivity contribution in [2.45, 2.75) is 43.9 Å². The van der Waals surface area contributed by atoms with Crippen molar-refractivity contribution >= 4 is 17.7 Å². The van der Waals surface area contributed by atoms with Crippen LogP contribution in [0, 0.1) is 17.7 Å². The van der Waals surface area contributed by atoms with Crippen molar-refractivity contribution < 1.29 is 45.8 Å². The molecule has 2 aliphatic heterocycles. The number of nitrogens with one attached hydrogen (secondary N) is 2. The standard InChI is InChI=1S/C18H23F3N4O2.C2HF3O2/c1-27-17-10(8-23-16(26)14-3-2-5-22-14)7-13(19)15(24-17)25-6-4-11-12(9-25)18(11,20)21;3-2(4,5)1(6)7/h7,11-12,14,22H,2-6,8-9H2,1H3,(H,23,26);(H,6,7)/t11?,12?,14-;/m0./s1. The van der Waals surface area contributed by atoms with Crippen LogP contribution in [0.3, 0.4) is 0 Å². The van der Waals surface area contributed by atoms with E-state index in [9.17, 15) is 31.1 Å². The smallest absolute Gasteiger partial charge is 0.481 e. The number of hydrogen-bond donors (Lipinski definition) is 3. The van der Waals surface area contributed by atoms with E-state index in [1.54, 1.807) is 4.90 Å². The Kier molecular flexibility index (Phi) is 7.48. The summed E-state index contributed by atoms with van der Waals surface area (Å²) in [6.45, 7) is 1.33. The number of methoxy groups -OCH3 is 1. The lowest BCUT2D eigenvalue weighted by molar-refractivity contribution is -0.192. The van der Waals surface area contributed by atoms with Crippen LogP contribution in [0.2, 0.25) is 0 Å². The second-order valence-corrected chi connectivity index (χ2v) is 8.25. The van der Waals surface area contributed by atoms with E-state index in [4.69, 9.17) is 14.6 Å². The maximum absolute atomic E-state index is 14.6. The lowest BCUT2D eigenvalue weighted by Gasteiger charge is -2.27. The largest absolute Gasteiger partial charge is 0.490 e. The van der Waals surface area contributed by atoms with E-state index in [-0.39, 0.29) is 36.7 Å². The highest BCUT2D eigenvalue weighted by Gasteiger charge is 2.69. The number of rotatable bonds is 5. The number of halogens is 6.